The van der Waals surface area contributed by atoms with Crippen molar-refractivity contribution < 1.29 is 14.3 Å². The molecule has 0 bridgehead atoms. The van der Waals surface area contributed by atoms with Gasteiger partial charge in [-0.25, -0.2) is 0 Å². The van der Waals surface area contributed by atoms with Crippen molar-refractivity contribution in [3.05, 3.63) is 62.4 Å². The summed E-state index contributed by atoms with van der Waals surface area (Å²) in [5.74, 6) is -0.887. The molecule has 0 aliphatic heterocycles. The maximum Gasteiger partial charge on any atom is 0.325 e. The SMILES string of the molecule is COC(=O)Cn1c(=NC(=O)c2cccc(Cl)c2)sc2ccc(Cl)c(C)c21. The lowest BCUT2D eigenvalue weighted by Gasteiger charge is -2.07. The van der Waals surface area contributed by atoms with Gasteiger partial charge in [0.1, 0.15) is 6.54 Å². The second-order valence-corrected chi connectivity index (χ2v) is 7.35. The van der Waals surface area contributed by atoms with Gasteiger partial charge in [0.25, 0.3) is 5.91 Å². The van der Waals surface area contributed by atoms with Crippen molar-refractivity contribution in [1.82, 2.24) is 4.57 Å². The smallest absolute Gasteiger partial charge is 0.325 e. The predicted molar refractivity (Wildman–Crippen MR) is 103 cm³/mol. The normalized spacial score (nSPS) is 11.8. The Bertz CT molecular complexity index is 1090. The van der Waals surface area contributed by atoms with Crippen molar-refractivity contribution in [1.29, 1.82) is 0 Å². The molecule has 1 heterocycles. The first-order valence-corrected chi connectivity index (χ1v) is 9.18. The Balaban J connectivity index is 2.21. The number of aryl methyl sites for hydroxylation is 1. The summed E-state index contributed by atoms with van der Waals surface area (Å²) in [5, 5.41) is 1.02. The number of fused-ring (bicyclic) bond motifs is 1. The van der Waals surface area contributed by atoms with Crippen LogP contribution in [0, 0.1) is 6.92 Å². The van der Waals surface area contributed by atoms with Crippen molar-refractivity contribution in [3.63, 3.8) is 0 Å². The standard InChI is InChI=1S/C18H14Cl2N2O3S/c1-10-13(20)6-7-14-16(10)22(9-15(23)25-2)18(26-14)21-17(24)11-4-3-5-12(19)8-11/h3-8H,9H2,1-2H3. The first kappa shape index (κ1) is 18.6. The van der Waals surface area contributed by atoms with Crippen molar-refractivity contribution in [3.8, 4) is 0 Å². The number of hydrogen-bond donors (Lipinski definition) is 0. The van der Waals surface area contributed by atoms with E-state index in [-0.39, 0.29) is 6.54 Å². The molecule has 0 N–H and O–H groups in total. The largest absolute Gasteiger partial charge is 0.468 e. The van der Waals surface area contributed by atoms with E-state index in [4.69, 9.17) is 27.9 Å². The fourth-order valence-corrected chi connectivity index (χ4v) is 3.94. The Morgan fingerprint density at radius 3 is 2.69 bits per heavy atom. The number of esters is 1. The quantitative estimate of drug-likeness (QED) is 0.609. The number of ether oxygens (including phenoxy) is 1. The van der Waals surface area contributed by atoms with Gasteiger partial charge in [0.2, 0.25) is 0 Å². The lowest BCUT2D eigenvalue weighted by molar-refractivity contribution is -0.141. The van der Waals surface area contributed by atoms with E-state index in [1.807, 2.05) is 13.0 Å². The molecule has 3 rings (SSSR count). The van der Waals surface area contributed by atoms with Crippen molar-refractivity contribution >= 4 is 56.6 Å². The lowest BCUT2D eigenvalue weighted by atomic mass is 10.2. The number of amides is 1. The number of hydrogen-bond acceptors (Lipinski definition) is 4. The molecule has 0 radical (unpaired) electrons. The summed E-state index contributed by atoms with van der Waals surface area (Å²) in [5.41, 5.74) is 1.93. The van der Waals surface area contributed by atoms with Crippen LogP contribution in [0.3, 0.4) is 0 Å². The summed E-state index contributed by atoms with van der Waals surface area (Å²) in [6, 6.07) is 10.2. The van der Waals surface area contributed by atoms with Gasteiger partial charge < -0.3 is 9.30 Å². The molecule has 26 heavy (non-hydrogen) atoms. The van der Waals surface area contributed by atoms with Crippen molar-refractivity contribution in [2.75, 3.05) is 7.11 Å². The van der Waals surface area contributed by atoms with Crippen LogP contribution in [-0.2, 0) is 16.1 Å². The number of benzene rings is 2. The van der Waals surface area contributed by atoms with E-state index in [1.54, 1.807) is 34.9 Å². The molecule has 0 saturated heterocycles. The Morgan fingerprint density at radius 2 is 2.00 bits per heavy atom. The highest BCUT2D eigenvalue weighted by atomic mass is 35.5. The molecule has 0 atom stereocenters. The average Bonchev–Trinajstić information content (AvgIpc) is 2.96. The number of thiazole rings is 1. The number of aromatic nitrogens is 1. The second kappa shape index (κ2) is 7.61. The maximum absolute atomic E-state index is 12.5. The number of carbonyl (C=O) groups is 2. The highest BCUT2D eigenvalue weighted by Crippen LogP contribution is 2.27. The van der Waals surface area contributed by atoms with E-state index in [1.165, 1.54) is 18.4 Å². The van der Waals surface area contributed by atoms with Crippen molar-refractivity contribution in [2.45, 2.75) is 13.5 Å². The number of rotatable bonds is 3. The predicted octanol–water partition coefficient (Wildman–Crippen LogP) is 4.23. The van der Waals surface area contributed by atoms with Gasteiger partial charge in [0.15, 0.2) is 4.80 Å². The van der Waals surface area contributed by atoms with E-state index < -0.39 is 11.9 Å². The molecule has 0 unspecified atom stereocenters. The summed E-state index contributed by atoms with van der Waals surface area (Å²) >= 11 is 13.5. The zero-order chi connectivity index (χ0) is 18.8. The van der Waals surface area contributed by atoms with Crippen LogP contribution < -0.4 is 4.80 Å². The van der Waals surface area contributed by atoms with Crippen molar-refractivity contribution in [2.24, 2.45) is 4.99 Å². The van der Waals surface area contributed by atoms with Gasteiger partial charge in [0.05, 0.1) is 17.3 Å². The van der Waals surface area contributed by atoms with E-state index in [2.05, 4.69) is 4.99 Å². The zero-order valence-electron chi connectivity index (χ0n) is 14.0. The molecule has 3 aromatic rings. The van der Waals surface area contributed by atoms with Crippen LogP contribution in [0.25, 0.3) is 10.2 Å². The molecule has 0 saturated carbocycles. The van der Waals surface area contributed by atoms with Crippen LogP contribution in [0.5, 0.6) is 0 Å². The molecule has 2 aromatic carbocycles. The second-order valence-electron chi connectivity index (χ2n) is 5.49. The lowest BCUT2D eigenvalue weighted by Crippen LogP contribution is -2.22. The minimum atomic E-state index is -0.444. The molecule has 5 nitrogen and oxygen atoms in total. The molecule has 0 fully saturated rings. The van der Waals surface area contributed by atoms with Crippen LogP contribution in [-0.4, -0.2) is 23.6 Å². The fraction of sp³-hybridized carbons (Fsp3) is 0.167. The Hall–Kier alpha value is -2.15. The van der Waals surface area contributed by atoms with Gasteiger partial charge in [-0.05, 0) is 42.8 Å². The summed E-state index contributed by atoms with van der Waals surface area (Å²) in [6.07, 6.45) is 0. The molecule has 8 heteroatoms. The fourth-order valence-electron chi connectivity index (χ4n) is 2.51. The molecule has 1 aromatic heterocycles. The first-order chi connectivity index (χ1) is 12.4. The molecular formula is C18H14Cl2N2O3S. The summed E-state index contributed by atoms with van der Waals surface area (Å²) in [7, 11) is 1.31. The highest BCUT2D eigenvalue weighted by molar-refractivity contribution is 7.16. The molecule has 0 aliphatic carbocycles. The Kier molecular flexibility index (Phi) is 5.46. The van der Waals surface area contributed by atoms with E-state index in [0.717, 1.165) is 15.8 Å². The Morgan fingerprint density at radius 1 is 1.23 bits per heavy atom. The van der Waals surface area contributed by atoms with Gasteiger partial charge >= 0.3 is 5.97 Å². The van der Waals surface area contributed by atoms with E-state index in [0.29, 0.717) is 20.4 Å². The molecule has 134 valence electrons. The zero-order valence-corrected chi connectivity index (χ0v) is 16.3. The van der Waals surface area contributed by atoms with Gasteiger partial charge in [-0.2, -0.15) is 4.99 Å². The number of nitrogens with zero attached hydrogens (tertiary/aromatic N) is 2. The monoisotopic (exact) mass is 408 g/mol. The van der Waals surface area contributed by atoms with Crippen LogP contribution in [0.2, 0.25) is 10.0 Å². The number of halogens is 2. The van der Waals surface area contributed by atoms with Gasteiger partial charge in [-0.15, -0.1) is 0 Å². The van der Waals surface area contributed by atoms with Gasteiger partial charge in [-0.1, -0.05) is 40.6 Å². The number of carbonyl (C=O) groups excluding carboxylic acids is 2. The Labute approximate surface area is 163 Å². The highest BCUT2D eigenvalue weighted by Gasteiger charge is 2.15. The summed E-state index contributed by atoms with van der Waals surface area (Å²) in [6.45, 7) is 1.78. The number of methoxy groups -OCH3 is 1. The maximum atomic E-state index is 12.5. The first-order valence-electron chi connectivity index (χ1n) is 7.60. The van der Waals surface area contributed by atoms with Crippen LogP contribution >= 0.6 is 34.5 Å². The minimum Gasteiger partial charge on any atom is -0.468 e. The average molecular weight is 409 g/mol. The molecule has 0 aliphatic rings. The third-order valence-corrected chi connectivity index (χ3v) is 5.50. The van der Waals surface area contributed by atoms with Crippen LogP contribution in [0.15, 0.2) is 41.4 Å². The molecule has 0 spiro atoms. The topological polar surface area (TPSA) is 60.7 Å². The third-order valence-electron chi connectivity index (χ3n) is 3.81. The van der Waals surface area contributed by atoms with E-state index in [9.17, 15) is 9.59 Å². The van der Waals surface area contributed by atoms with Crippen LogP contribution in [0.1, 0.15) is 15.9 Å². The third kappa shape index (κ3) is 3.67. The minimum absolute atomic E-state index is 0.0701. The van der Waals surface area contributed by atoms with Gasteiger partial charge in [-0.3, -0.25) is 9.59 Å². The summed E-state index contributed by atoms with van der Waals surface area (Å²) in [4.78, 5) is 29.0. The van der Waals surface area contributed by atoms with Gasteiger partial charge in [0, 0.05) is 15.6 Å². The summed E-state index contributed by atoms with van der Waals surface area (Å²) < 4.78 is 7.29. The van der Waals surface area contributed by atoms with E-state index >= 15 is 0 Å². The molecular weight excluding hydrogens is 395 g/mol. The molecule has 1 amide bonds. The van der Waals surface area contributed by atoms with Crippen LogP contribution in [0.4, 0.5) is 0 Å².